The molecule has 0 amide bonds. The molecule has 0 bridgehead atoms. The fourth-order valence-electron chi connectivity index (χ4n) is 1.19. The Bertz CT molecular complexity index is 124. The second kappa shape index (κ2) is 4.75. The zero-order chi connectivity index (χ0) is 9.78. The molecule has 0 aliphatic rings. The number of alkyl halides is 2. The molecule has 0 saturated carbocycles. The summed E-state index contributed by atoms with van der Waals surface area (Å²) >= 11 is 0. The van der Waals surface area contributed by atoms with Crippen molar-refractivity contribution in [3.63, 3.8) is 0 Å². The van der Waals surface area contributed by atoms with Gasteiger partial charge in [0.1, 0.15) is 0 Å². The van der Waals surface area contributed by atoms with Crippen LogP contribution in [0.1, 0.15) is 27.2 Å². The maximum absolute atomic E-state index is 12.8. The van der Waals surface area contributed by atoms with E-state index in [1.54, 1.807) is 11.9 Å². The van der Waals surface area contributed by atoms with Crippen LogP contribution in [0.3, 0.4) is 0 Å². The zero-order valence-corrected chi connectivity index (χ0v) is 8.40. The summed E-state index contributed by atoms with van der Waals surface area (Å²) in [7, 11) is 1.74. The van der Waals surface area contributed by atoms with Crippen molar-refractivity contribution in [1.82, 2.24) is 4.90 Å². The quantitative estimate of drug-likeness (QED) is 0.627. The molecule has 0 atom stereocenters. The molecule has 0 radical (unpaired) electrons. The van der Waals surface area contributed by atoms with Gasteiger partial charge in [-0.1, -0.05) is 20.8 Å². The Hall–Kier alpha value is -0.180. The number of rotatable bonds is 5. The highest BCUT2D eigenvalue weighted by atomic mass is 19.3. The molecular formula is C9H19F2N. The van der Waals surface area contributed by atoms with Gasteiger partial charge in [-0.3, -0.25) is 0 Å². The number of hydrogen-bond donors (Lipinski definition) is 0. The second-order valence-corrected chi connectivity index (χ2v) is 3.80. The molecule has 0 heterocycles. The van der Waals surface area contributed by atoms with Gasteiger partial charge in [-0.2, -0.15) is 0 Å². The highest BCUT2D eigenvalue weighted by Gasteiger charge is 2.27. The highest BCUT2D eigenvalue weighted by molar-refractivity contribution is 4.68. The second-order valence-electron chi connectivity index (χ2n) is 3.80. The van der Waals surface area contributed by atoms with E-state index in [4.69, 9.17) is 0 Å². The average Bonchev–Trinajstić information content (AvgIpc) is 1.84. The number of hydrogen-bond acceptors (Lipinski definition) is 1. The van der Waals surface area contributed by atoms with Gasteiger partial charge in [0.05, 0.1) is 6.54 Å². The van der Waals surface area contributed by atoms with Crippen molar-refractivity contribution < 1.29 is 8.78 Å². The molecule has 0 aliphatic carbocycles. The molecule has 0 spiro atoms. The van der Waals surface area contributed by atoms with Crippen molar-refractivity contribution in [3.05, 3.63) is 0 Å². The first kappa shape index (κ1) is 11.8. The predicted octanol–water partition coefficient (Wildman–Crippen LogP) is 2.62. The van der Waals surface area contributed by atoms with Gasteiger partial charge in [-0.25, -0.2) is 8.78 Å². The fraction of sp³-hybridized carbons (Fsp3) is 1.00. The van der Waals surface area contributed by atoms with E-state index in [0.29, 0.717) is 5.92 Å². The normalized spacial score (nSPS) is 13.0. The summed E-state index contributed by atoms with van der Waals surface area (Å²) in [5.41, 5.74) is 0. The van der Waals surface area contributed by atoms with Crippen molar-refractivity contribution in [2.24, 2.45) is 5.92 Å². The third-order valence-corrected chi connectivity index (χ3v) is 1.70. The molecule has 1 nitrogen and oxygen atoms in total. The third-order valence-electron chi connectivity index (χ3n) is 1.70. The topological polar surface area (TPSA) is 3.24 Å². The molecule has 0 N–H and O–H groups in total. The molecule has 0 saturated heterocycles. The van der Waals surface area contributed by atoms with Crippen LogP contribution in [0.4, 0.5) is 8.78 Å². The highest BCUT2D eigenvalue weighted by Crippen LogP contribution is 2.18. The molecule has 0 unspecified atom stereocenters. The van der Waals surface area contributed by atoms with Gasteiger partial charge >= 0.3 is 0 Å². The van der Waals surface area contributed by atoms with Crippen LogP contribution in [0.25, 0.3) is 0 Å². The summed E-state index contributed by atoms with van der Waals surface area (Å²) in [6, 6.07) is 0. The van der Waals surface area contributed by atoms with Crippen molar-refractivity contribution in [3.8, 4) is 0 Å². The first-order valence-corrected chi connectivity index (χ1v) is 4.43. The van der Waals surface area contributed by atoms with Crippen LogP contribution in [0.5, 0.6) is 0 Å². The van der Waals surface area contributed by atoms with E-state index in [1.165, 1.54) is 6.92 Å². The minimum atomic E-state index is -2.52. The lowest BCUT2D eigenvalue weighted by molar-refractivity contribution is -0.0313. The predicted molar refractivity (Wildman–Crippen MR) is 47.6 cm³/mol. The number of halogens is 2. The van der Waals surface area contributed by atoms with E-state index in [9.17, 15) is 8.78 Å². The Morgan fingerprint density at radius 1 is 1.33 bits per heavy atom. The van der Waals surface area contributed by atoms with E-state index in [-0.39, 0.29) is 13.0 Å². The van der Waals surface area contributed by atoms with Crippen molar-refractivity contribution in [2.45, 2.75) is 33.1 Å². The van der Waals surface area contributed by atoms with Crippen molar-refractivity contribution in [1.29, 1.82) is 0 Å². The van der Waals surface area contributed by atoms with E-state index in [2.05, 4.69) is 0 Å². The minimum Gasteiger partial charge on any atom is -0.300 e. The van der Waals surface area contributed by atoms with Gasteiger partial charge in [0.25, 0.3) is 5.92 Å². The lowest BCUT2D eigenvalue weighted by Gasteiger charge is -2.24. The van der Waals surface area contributed by atoms with Gasteiger partial charge < -0.3 is 4.90 Å². The largest absolute Gasteiger partial charge is 0.300 e. The van der Waals surface area contributed by atoms with Crippen LogP contribution >= 0.6 is 0 Å². The van der Waals surface area contributed by atoms with E-state index >= 15 is 0 Å². The maximum atomic E-state index is 12.8. The third kappa shape index (κ3) is 5.47. The zero-order valence-electron chi connectivity index (χ0n) is 8.40. The summed E-state index contributed by atoms with van der Waals surface area (Å²) in [4.78, 5) is 1.69. The van der Waals surface area contributed by atoms with Gasteiger partial charge in [0.15, 0.2) is 0 Å². The van der Waals surface area contributed by atoms with Gasteiger partial charge in [0.2, 0.25) is 0 Å². The molecule has 12 heavy (non-hydrogen) atoms. The Morgan fingerprint density at radius 3 is 2.17 bits per heavy atom. The Morgan fingerprint density at radius 2 is 1.83 bits per heavy atom. The Labute approximate surface area is 73.7 Å². The lowest BCUT2D eigenvalue weighted by atomic mass is 10.2. The lowest BCUT2D eigenvalue weighted by Crippen LogP contribution is -2.35. The summed E-state index contributed by atoms with van der Waals surface area (Å²) in [6.45, 7) is 6.18. The van der Waals surface area contributed by atoms with Crippen LogP contribution in [-0.2, 0) is 0 Å². The van der Waals surface area contributed by atoms with Crippen molar-refractivity contribution in [2.75, 3.05) is 20.1 Å². The average molecular weight is 179 g/mol. The van der Waals surface area contributed by atoms with E-state index in [0.717, 1.165) is 6.54 Å². The first-order valence-electron chi connectivity index (χ1n) is 4.43. The van der Waals surface area contributed by atoms with Crippen LogP contribution in [0.15, 0.2) is 0 Å². The molecule has 0 fully saturated rings. The summed E-state index contributed by atoms with van der Waals surface area (Å²) < 4.78 is 25.6. The first-order chi connectivity index (χ1) is 5.37. The van der Waals surface area contributed by atoms with Gasteiger partial charge in [-0.15, -0.1) is 0 Å². The molecule has 0 aromatic heterocycles. The smallest absolute Gasteiger partial charge is 0.260 e. The van der Waals surface area contributed by atoms with E-state index in [1.807, 2.05) is 13.8 Å². The maximum Gasteiger partial charge on any atom is 0.260 e. The van der Waals surface area contributed by atoms with E-state index < -0.39 is 5.92 Å². The number of nitrogens with zero attached hydrogens (tertiary/aromatic N) is 1. The molecular weight excluding hydrogens is 160 g/mol. The van der Waals surface area contributed by atoms with Gasteiger partial charge in [-0.05, 0) is 13.0 Å². The SMILES string of the molecule is CCC(F)(F)CN(C)CC(C)C. The molecule has 0 aromatic rings. The Balaban J connectivity index is 3.75. The molecule has 0 aliphatic heterocycles. The van der Waals surface area contributed by atoms with Crippen LogP contribution < -0.4 is 0 Å². The molecule has 0 rings (SSSR count). The summed E-state index contributed by atoms with van der Waals surface area (Å²) in [5.74, 6) is -2.08. The summed E-state index contributed by atoms with van der Waals surface area (Å²) in [5, 5.41) is 0. The van der Waals surface area contributed by atoms with Crippen LogP contribution in [0.2, 0.25) is 0 Å². The van der Waals surface area contributed by atoms with Crippen molar-refractivity contribution >= 4 is 0 Å². The standard InChI is InChI=1S/C9H19F2N/c1-5-9(10,11)7-12(4)6-8(2)3/h8H,5-7H2,1-4H3. The fourth-order valence-corrected chi connectivity index (χ4v) is 1.19. The van der Waals surface area contributed by atoms with Gasteiger partial charge in [0, 0.05) is 13.0 Å². The van der Waals surface area contributed by atoms with Crippen LogP contribution in [-0.4, -0.2) is 31.0 Å². The molecule has 0 aromatic carbocycles. The summed E-state index contributed by atoms with van der Waals surface area (Å²) in [6.07, 6.45) is -0.0740. The Kier molecular flexibility index (Phi) is 4.68. The minimum absolute atomic E-state index is 0.0740. The van der Waals surface area contributed by atoms with Crippen LogP contribution in [0, 0.1) is 5.92 Å². The molecule has 74 valence electrons. The molecule has 3 heteroatoms. The monoisotopic (exact) mass is 179 g/mol.